The SMILES string of the molecule is COc1ccc(/C=C(/NC(=O)c2ccccc2)C(=O)Nc2cccc(SC(C(=O)Nc3nc(-c4ccc(Cl)cc4Cl)cs3)c3ccccc3)c2)cc1. The summed E-state index contributed by atoms with van der Waals surface area (Å²) in [7, 11) is 1.57. The third-order valence-corrected chi connectivity index (χ3v) is 10.1. The molecule has 0 fully saturated rings. The highest BCUT2D eigenvalue weighted by Crippen LogP contribution is 2.38. The Morgan fingerprint density at radius 3 is 2.27 bits per heavy atom. The van der Waals surface area contributed by atoms with Gasteiger partial charge in [-0.15, -0.1) is 23.1 Å². The Labute approximate surface area is 318 Å². The van der Waals surface area contributed by atoms with E-state index in [0.717, 1.165) is 10.5 Å². The molecule has 3 amide bonds. The van der Waals surface area contributed by atoms with E-state index < -0.39 is 17.1 Å². The number of hydrogen-bond donors (Lipinski definition) is 3. The first-order chi connectivity index (χ1) is 25.2. The van der Waals surface area contributed by atoms with Crippen LogP contribution in [-0.4, -0.2) is 29.8 Å². The van der Waals surface area contributed by atoms with E-state index in [1.165, 1.54) is 23.1 Å². The topological polar surface area (TPSA) is 109 Å². The quantitative estimate of drug-likeness (QED) is 0.0846. The van der Waals surface area contributed by atoms with Crippen LogP contribution >= 0.6 is 46.3 Å². The van der Waals surface area contributed by atoms with Gasteiger partial charge in [-0.25, -0.2) is 4.98 Å². The lowest BCUT2D eigenvalue weighted by atomic mass is 10.1. The molecule has 0 saturated heterocycles. The van der Waals surface area contributed by atoms with Crippen LogP contribution in [0.2, 0.25) is 10.0 Å². The number of carbonyl (C=O) groups excluding carboxylic acids is 3. The van der Waals surface area contributed by atoms with E-state index in [0.29, 0.717) is 49.0 Å². The van der Waals surface area contributed by atoms with Crippen LogP contribution < -0.4 is 20.7 Å². The zero-order valence-corrected chi connectivity index (χ0v) is 30.7. The Bertz CT molecular complexity index is 2230. The van der Waals surface area contributed by atoms with Gasteiger partial charge in [0, 0.05) is 32.1 Å². The average Bonchev–Trinajstić information content (AvgIpc) is 3.62. The molecule has 1 aromatic heterocycles. The molecule has 5 aromatic carbocycles. The Hall–Kier alpha value is -5.39. The number of thioether (sulfide) groups is 1. The van der Waals surface area contributed by atoms with Crippen molar-refractivity contribution in [3.8, 4) is 17.0 Å². The molecular formula is C40H30Cl2N4O4S2. The van der Waals surface area contributed by atoms with Crippen molar-refractivity contribution in [3.05, 3.63) is 165 Å². The van der Waals surface area contributed by atoms with Gasteiger partial charge in [0.15, 0.2) is 5.13 Å². The van der Waals surface area contributed by atoms with Gasteiger partial charge in [-0.2, -0.15) is 0 Å². The Morgan fingerprint density at radius 2 is 1.56 bits per heavy atom. The number of benzene rings is 5. The van der Waals surface area contributed by atoms with Gasteiger partial charge in [0.1, 0.15) is 16.7 Å². The fourth-order valence-corrected chi connectivity index (χ4v) is 7.32. The summed E-state index contributed by atoms with van der Waals surface area (Å²) in [5, 5.41) is 11.2. The number of anilines is 2. The summed E-state index contributed by atoms with van der Waals surface area (Å²) in [4.78, 5) is 46.0. The van der Waals surface area contributed by atoms with Gasteiger partial charge in [-0.1, -0.05) is 89.9 Å². The molecule has 0 aliphatic rings. The maximum Gasteiger partial charge on any atom is 0.272 e. The zero-order chi connectivity index (χ0) is 36.5. The molecule has 260 valence electrons. The fourth-order valence-electron chi connectivity index (χ4n) is 5.01. The molecule has 6 rings (SSSR count). The van der Waals surface area contributed by atoms with E-state index in [4.69, 9.17) is 27.9 Å². The van der Waals surface area contributed by atoms with Crippen molar-refractivity contribution in [2.75, 3.05) is 17.7 Å². The van der Waals surface area contributed by atoms with Crippen molar-refractivity contribution in [2.24, 2.45) is 0 Å². The number of amides is 3. The van der Waals surface area contributed by atoms with Crippen LogP contribution in [0, 0.1) is 0 Å². The van der Waals surface area contributed by atoms with E-state index in [2.05, 4.69) is 20.9 Å². The summed E-state index contributed by atoms with van der Waals surface area (Å²) in [6.07, 6.45) is 1.59. The minimum Gasteiger partial charge on any atom is -0.497 e. The molecule has 52 heavy (non-hydrogen) atoms. The lowest BCUT2D eigenvalue weighted by molar-refractivity contribution is -0.116. The maximum absolute atomic E-state index is 13.8. The van der Waals surface area contributed by atoms with Crippen LogP contribution in [0.3, 0.4) is 0 Å². The number of nitrogens with one attached hydrogen (secondary N) is 3. The predicted molar refractivity (Wildman–Crippen MR) is 211 cm³/mol. The fraction of sp³-hybridized carbons (Fsp3) is 0.0500. The average molecular weight is 766 g/mol. The normalized spacial score (nSPS) is 11.7. The highest BCUT2D eigenvalue weighted by Gasteiger charge is 2.24. The molecule has 0 radical (unpaired) electrons. The third kappa shape index (κ3) is 9.48. The second-order valence-electron chi connectivity index (χ2n) is 11.2. The number of thiazole rings is 1. The number of rotatable bonds is 12. The Morgan fingerprint density at radius 1 is 0.827 bits per heavy atom. The summed E-state index contributed by atoms with van der Waals surface area (Å²) in [6.45, 7) is 0. The summed E-state index contributed by atoms with van der Waals surface area (Å²) >= 11 is 15.1. The molecule has 3 N–H and O–H groups in total. The zero-order valence-electron chi connectivity index (χ0n) is 27.5. The van der Waals surface area contributed by atoms with Crippen LogP contribution in [0.15, 0.2) is 143 Å². The van der Waals surface area contributed by atoms with Gasteiger partial charge in [0.05, 0.1) is 17.8 Å². The molecular weight excluding hydrogens is 736 g/mol. The molecule has 0 spiro atoms. The largest absolute Gasteiger partial charge is 0.497 e. The smallest absolute Gasteiger partial charge is 0.272 e. The number of ether oxygens (including phenoxy) is 1. The van der Waals surface area contributed by atoms with Gasteiger partial charge in [-0.05, 0) is 77.9 Å². The van der Waals surface area contributed by atoms with Crippen LogP contribution in [0.1, 0.15) is 26.7 Å². The monoisotopic (exact) mass is 764 g/mol. The third-order valence-electron chi connectivity index (χ3n) is 7.58. The second kappa shape index (κ2) is 17.2. The van der Waals surface area contributed by atoms with Crippen LogP contribution in [0.25, 0.3) is 17.3 Å². The highest BCUT2D eigenvalue weighted by atomic mass is 35.5. The van der Waals surface area contributed by atoms with E-state index in [-0.39, 0.29) is 11.6 Å². The number of methoxy groups -OCH3 is 1. The van der Waals surface area contributed by atoms with E-state index in [1.807, 2.05) is 47.8 Å². The number of aromatic nitrogens is 1. The number of hydrogen-bond acceptors (Lipinski definition) is 7. The van der Waals surface area contributed by atoms with Crippen molar-refractivity contribution in [1.29, 1.82) is 0 Å². The summed E-state index contributed by atoms with van der Waals surface area (Å²) in [6, 6.07) is 37.5. The summed E-state index contributed by atoms with van der Waals surface area (Å²) in [5.41, 5.74) is 3.71. The summed E-state index contributed by atoms with van der Waals surface area (Å²) in [5.74, 6) is -0.574. The number of halogens is 2. The summed E-state index contributed by atoms with van der Waals surface area (Å²) < 4.78 is 5.25. The molecule has 1 atom stereocenters. The first-order valence-corrected chi connectivity index (χ1v) is 18.3. The highest BCUT2D eigenvalue weighted by molar-refractivity contribution is 8.00. The first-order valence-electron chi connectivity index (χ1n) is 15.8. The molecule has 8 nitrogen and oxygen atoms in total. The predicted octanol–water partition coefficient (Wildman–Crippen LogP) is 10.0. The molecule has 6 aromatic rings. The van der Waals surface area contributed by atoms with Crippen LogP contribution in [-0.2, 0) is 9.59 Å². The van der Waals surface area contributed by atoms with Crippen molar-refractivity contribution in [2.45, 2.75) is 10.1 Å². The van der Waals surface area contributed by atoms with E-state index in [1.54, 1.807) is 98.1 Å². The van der Waals surface area contributed by atoms with Gasteiger partial charge in [0.25, 0.3) is 11.8 Å². The van der Waals surface area contributed by atoms with Crippen LogP contribution in [0.4, 0.5) is 10.8 Å². The van der Waals surface area contributed by atoms with Gasteiger partial charge >= 0.3 is 0 Å². The van der Waals surface area contributed by atoms with Crippen molar-refractivity contribution in [3.63, 3.8) is 0 Å². The van der Waals surface area contributed by atoms with Gasteiger partial charge in [0.2, 0.25) is 5.91 Å². The first kappa shape index (κ1) is 36.4. The minimum absolute atomic E-state index is 0.0429. The van der Waals surface area contributed by atoms with Crippen molar-refractivity contribution in [1.82, 2.24) is 10.3 Å². The van der Waals surface area contributed by atoms with Gasteiger partial charge in [-0.3, -0.25) is 14.4 Å². The van der Waals surface area contributed by atoms with Gasteiger partial charge < -0.3 is 20.7 Å². The minimum atomic E-state index is -0.658. The number of nitrogens with zero attached hydrogens (tertiary/aromatic N) is 1. The standard InChI is InChI=1S/C40H30Cl2N4O4S2/c1-50-30-18-15-25(16-19-30)21-34(44-37(47)27-11-6-3-7-12-27)38(48)43-29-13-8-14-31(23-29)52-36(26-9-4-2-5-10-26)39(49)46-40-45-35(24-51-40)32-20-17-28(41)22-33(32)42/h2-24,36H,1H3,(H,43,48)(H,44,47)(H,45,46,49)/b34-21+. The van der Waals surface area contributed by atoms with E-state index >= 15 is 0 Å². The lowest BCUT2D eigenvalue weighted by Gasteiger charge is -2.17. The molecule has 0 saturated carbocycles. The molecule has 0 aliphatic carbocycles. The number of carbonyl (C=O) groups is 3. The van der Waals surface area contributed by atoms with E-state index in [9.17, 15) is 14.4 Å². The lowest BCUT2D eigenvalue weighted by Crippen LogP contribution is -2.30. The molecule has 12 heteroatoms. The molecule has 1 heterocycles. The van der Waals surface area contributed by atoms with Crippen molar-refractivity contribution >= 4 is 80.9 Å². The maximum atomic E-state index is 13.8. The molecule has 0 aliphatic heterocycles. The molecule has 1 unspecified atom stereocenters. The molecule has 0 bridgehead atoms. The van der Waals surface area contributed by atoms with Crippen LogP contribution in [0.5, 0.6) is 5.75 Å². The van der Waals surface area contributed by atoms with Crippen molar-refractivity contribution < 1.29 is 19.1 Å². The Balaban J connectivity index is 1.21. The Kier molecular flexibility index (Phi) is 12.1. The second-order valence-corrected chi connectivity index (χ2v) is 14.1.